The third kappa shape index (κ3) is 3.96. The summed E-state index contributed by atoms with van der Waals surface area (Å²) >= 11 is 5.69. The molecule has 4 saturated carbocycles. The number of benzene rings is 1. The highest BCUT2D eigenvalue weighted by Gasteiger charge is 2.54. The number of anilines is 3. The Hall–Kier alpha value is -2.26. The van der Waals surface area contributed by atoms with E-state index in [0.717, 1.165) is 37.8 Å². The van der Waals surface area contributed by atoms with E-state index in [1.54, 1.807) is 6.07 Å². The van der Waals surface area contributed by atoms with E-state index in [2.05, 4.69) is 20.6 Å². The van der Waals surface area contributed by atoms with Gasteiger partial charge in [-0.15, -0.1) is 0 Å². The minimum absolute atomic E-state index is 0.0590. The summed E-state index contributed by atoms with van der Waals surface area (Å²) in [7, 11) is 1.52. The lowest BCUT2D eigenvalue weighted by Gasteiger charge is -2.58. The minimum Gasteiger partial charge on any atom is -0.494 e. The molecule has 1 aromatic heterocycles. The van der Waals surface area contributed by atoms with Crippen molar-refractivity contribution < 1.29 is 23.0 Å². The van der Waals surface area contributed by atoms with Crippen LogP contribution in [0.25, 0.3) is 0 Å². The normalized spacial score (nSPS) is 30.9. The van der Waals surface area contributed by atoms with Crippen LogP contribution in [0.3, 0.4) is 0 Å². The summed E-state index contributed by atoms with van der Waals surface area (Å²) in [6.45, 7) is 0. The largest absolute Gasteiger partial charge is 0.494 e. The lowest BCUT2D eigenvalue weighted by atomic mass is 9.52. The topological polar surface area (TPSA) is 79.3 Å². The van der Waals surface area contributed by atoms with Crippen LogP contribution < -0.4 is 15.4 Å². The fourth-order valence-corrected chi connectivity index (χ4v) is 6.26. The molecule has 10 heteroatoms. The number of methoxy groups -OCH3 is 1. The Morgan fingerprint density at radius 3 is 2.50 bits per heavy atom. The van der Waals surface area contributed by atoms with Crippen molar-refractivity contribution in [2.45, 2.75) is 49.9 Å². The second-order valence-corrected chi connectivity index (χ2v) is 9.66. The molecule has 0 aliphatic heterocycles. The molecule has 2 atom stereocenters. The van der Waals surface area contributed by atoms with Crippen molar-refractivity contribution in [1.29, 1.82) is 0 Å². The summed E-state index contributed by atoms with van der Waals surface area (Å²) in [4.78, 5) is 7.44. The molecule has 1 heterocycles. The van der Waals surface area contributed by atoms with Crippen molar-refractivity contribution in [2.24, 2.45) is 17.8 Å². The first-order valence-corrected chi connectivity index (χ1v) is 11.0. The average molecular weight is 469 g/mol. The highest BCUT2D eigenvalue weighted by molar-refractivity contribution is 6.30. The van der Waals surface area contributed by atoms with Gasteiger partial charge in [0.25, 0.3) is 0 Å². The first-order chi connectivity index (χ1) is 15.1. The number of hydrogen-bond donors (Lipinski definition) is 3. The molecule has 0 saturated heterocycles. The van der Waals surface area contributed by atoms with E-state index < -0.39 is 22.5 Å². The first-order valence-electron chi connectivity index (χ1n) is 10.7. The maximum Gasteiger partial charge on any atom is 0.420 e. The molecule has 1 aromatic carbocycles. The molecule has 3 N–H and O–H groups in total. The zero-order valence-corrected chi connectivity index (χ0v) is 18.2. The quantitative estimate of drug-likeness (QED) is 0.520. The molecule has 0 radical (unpaired) electrons. The molecule has 4 aliphatic rings. The van der Waals surface area contributed by atoms with Gasteiger partial charge in [0.2, 0.25) is 5.95 Å². The maximum absolute atomic E-state index is 12.9. The lowest BCUT2D eigenvalue weighted by Crippen LogP contribution is -2.58. The van der Waals surface area contributed by atoms with Crippen molar-refractivity contribution in [3.63, 3.8) is 0 Å². The van der Waals surface area contributed by atoms with Gasteiger partial charge in [-0.3, -0.25) is 0 Å². The molecule has 4 fully saturated rings. The van der Waals surface area contributed by atoms with Crippen LogP contribution in [-0.2, 0) is 6.18 Å². The second-order valence-electron chi connectivity index (χ2n) is 9.30. The fraction of sp³-hybridized carbons (Fsp3) is 0.545. The molecule has 4 bridgehead atoms. The van der Waals surface area contributed by atoms with Gasteiger partial charge < -0.3 is 20.5 Å². The lowest BCUT2D eigenvalue weighted by molar-refractivity contribution is -0.138. The van der Waals surface area contributed by atoms with E-state index in [-0.39, 0.29) is 5.95 Å². The Bertz CT molecular complexity index is 1020. The van der Waals surface area contributed by atoms with Gasteiger partial charge in [-0.05, 0) is 62.0 Å². The summed E-state index contributed by atoms with van der Waals surface area (Å²) in [5.41, 5.74) is -0.170. The molecule has 6 rings (SSSR count). The first kappa shape index (κ1) is 21.6. The van der Waals surface area contributed by atoms with E-state index in [0.29, 0.717) is 41.4 Å². The van der Waals surface area contributed by atoms with Gasteiger partial charge in [0.15, 0.2) is 0 Å². The van der Waals surface area contributed by atoms with E-state index in [1.807, 2.05) is 12.1 Å². The third-order valence-electron chi connectivity index (χ3n) is 7.07. The number of nitrogens with zero attached hydrogens (tertiary/aromatic N) is 2. The van der Waals surface area contributed by atoms with E-state index in [4.69, 9.17) is 16.3 Å². The number of halogens is 4. The molecular formula is C22H24ClF3N4O2. The van der Waals surface area contributed by atoms with Crippen LogP contribution in [0.1, 0.15) is 37.7 Å². The second kappa shape index (κ2) is 7.66. The number of alkyl halides is 3. The smallest absolute Gasteiger partial charge is 0.420 e. The van der Waals surface area contributed by atoms with Gasteiger partial charge in [0.1, 0.15) is 16.5 Å². The molecule has 2 unspecified atom stereocenters. The van der Waals surface area contributed by atoms with E-state index >= 15 is 0 Å². The fourth-order valence-electron chi connectivity index (χ4n) is 6.03. The molecule has 6 nitrogen and oxygen atoms in total. The zero-order chi connectivity index (χ0) is 22.7. The number of ether oxygens (including phenoxy) is 1. The van der Waals surface area contributed by atoms with Crippen molar-refractivity contribution in [3.05, 3.63) is 35.1 Å². The summed E-state index contributed by atoms with van der Waals surface area (Å²) in [5, 5.41) is 16.6. The van der Waals surface area contributed by atoms with Gasteiger partial charge in [-0.1, -0.05) is 11.6 Å². The van der Waals surface area contributed by atoms with Crippen LogP contribution in [0.5, 0.6) is 5.75 Å². The monoisotopic (exact) mass is 468 g/mol. The third-order valence-corrected chi connectivity index (χ3v) is 7.36. The van der Waals surface area contributed by atoms with Gasteiger partial charge in [-0.2, -0.15) is 13.2 Å². The number of aromatic nitrogens is 2. The summed E-state index contributed by atoms with van der Waals surface area (Å²) < 4.78 is 44.1. The summed E-state index contributed by atoms with van der Waals surface area (Å²) in [6.07, 6.45) is 0.977. The standard InChI is InChI=1S/C22H24ClF3N4O2/c1-32-17-6-14(28-18-12-4-11-5-13(18)9-21(31,7-11)8-12)2-3-16(17)29-20-27-10-15(19(23)30-20)22(24,25)26/h2-3,6,10-13,18,28,31H,4-5,7-9H2,1H3,(H,27,29,30)/t11?,12?,13?,18-,21+. The van der Waals surface area contributed by atoms with Gasteiger partial charge >= 0.3 is 6.18 Å². The number of nitrogens with one attached hydrogen (secondary N) is 2. The van der Waals surface area contributed by atoms with E-state index in [1.165, 1.54) is 7.11 Å². The zero-order valence-electron chi connectivity index (χ0n) is 17.4. The van der Waals surface area contributed by atoms with Crippen LogP contribution >= 0.6 is 11.6 Å². The Kier molecular flexibility index (Phi) is 5.16. The van der Waals surface area contributed by atoms with Crippen LogP contribution in [0.4, 0.5) is 30.5 Å². The van der Waals surface area contributed by atoms with Crippen LogP contribution in [-0.4, -0.2) is 33.8 Å². The number of aliphatic hydroxyl groups is 1. The molecule has 32 heavy (non-hydrogen) atoms. The molecule has 172 valence electrons. The predicted molar refractivity (Wildman–Crippen MR) is 114 cm³/mol. The Labute approximate surface area is 188 Å². The van der Waals surface area contributed by atoms with Gasteiger partial charge in [0, 0.05) is 24.0 Å². The maximum atomic E-state index is 12.9. The molecule has 0 amide bonds. The summed E-state index contributed by atoms with van der Waals surface area (Å²) in [5.74, 6) is 1.98. The minimum atomic E-state index is -4.62. The van der Waals surface area contributed by atoms with Gasteiger partial charge in [-0.25, -0.2) is 9.97 Å². The highest BCUT2D eigenvalue weighted by atomic mass is 35.5. The van der Waals surface area contributed by atoms with Gasteiger partial charge in [0.05, 0.1) is 18.4 Å². The van der Waals surface area contributed by atoms with Crippen LogP contribution in [0.2, 0.25) is 5.15 Å². The van der Waals surface area contributed by atoms with E-state index in [9.17, 15) is 18.3 Å². The summed E-state index contributed by atoms with van der Waals surface area (Å²) in [6, 6.07) is 5.80. The average Bonchev–Trinajstić information content (AvgIpc) is 2.69. The van der Waals surface area contributed by atoms with Crippen LogP contribution in [0, 0.1) is 17.8 Å². The van der Waals surface area contributed by atoms with Crippen molar-refractivity contribution in [3.8, 4) is 5.75 Å². The molecule has 2 aromatic rings. The molecular weight excluding hydrogens is 445 g/mol. The Morgan fingerprint density at radius 1 is 1.19 bits per heavy atom. The highest BCUT2D eigenvalue weighted by Crippen LogP contribution is 2.56. The Balaban J connectivity index is 1.32. The van der Waals surface area contributed by atoms with Crippen LogP contribution in [0.15, 0.2) is 24.4 Å². The Morgan fingerprint density at radius 2 is 1.91 bits per heavy atom. The number of rotatable bonds is 5. The number of hydrogen-bond acceptors (Lipinski definition) is 6. The molecule has 0 spiro atoms. The SMILES string of the molecule is COc1cc(N[C@H]2C3CC4CC2C[C@@](O)(C4)C3)ccc1Nc1ncc(C(F)(F)F)c(Cl)n1. The van der Waals surface area contributed by atoms with Crippen molar-refractivity contribution >= 4 is 28.9 Å². The molecule has 4 aliphatic carbocycles. The predicted octanol–water partition coefficient (Wildman–Crippen LogP) is 5.25. The van der Waals surface area contributed by atoms with Crippen molar-refractivity contribution in [2.75, 3.05) is 17.7 Å². The van der Waals surface area contributed by atoms with Crippen molar-refractivity contribution in [1.82, 2.24) is 9.97 Å².